The Labute approximate surface area is 97.4 Å². The molecule has 0 amide bonds. The molecule has 4 nitrogen and oxygen atoms in total. The molecule has 2 N–H and O–H groups in total. The van der Waals surface area contributed by atoms with Gasteiger partial charge in [-0.05, 0) is 33.6 Å². The van der Waals surface area contributed by atoms with Crippen molar-refractivity contribution < 1.29 is 0 Å². The fourth-order valence-electron chi connectivity index (χ4n) is 2.45. The first kappa shape index (κ1) is 11.5. The zero-order valence-electron chi connectivity index (χ0n) is 10.5. The predicted octanol–water partition coefficient (Wildman–Crippen LogP) is 1.82. The third-order valence-electron chi connectivity index (χ3n) is 3.66. The van der Waals surface area contributed by atoms with Crippen LogP contribution < -0.4 is 5.73 Å². The fourth-order valence-corrected chi connectivity index (χ4v) is 2.45. The Balaban J connectivity index is 2.02. The summed E-state index contributed by atoms with van der Waals surface area (Å²) in [6, 6.07) is 1.19. The lowest BCUT2D eigenvalue weighted by molar-refractivity contribution is 0.146. The van der Waals surface area contributed by atoms with E-state index in [9.17, 15) is 0 Å². The Morgan fingerprint density at radius 3 is 2.44 bits per heavy atom. The number of nitrogen functional groups attached to an aromatic ring is 1. The first-order chi connectivity index (χ1) is 7.59. The third-order valence-corrected chi connectivity index (χ3v) is 3.66. The van der Waals surface area contributed by atoms with Crippen LogP contribution >= 0.6 is 0 Å². The summed E-state index contributed by atoms with van der Waals surface area (Å²) < 4.78 is 2.10. The number of nitrogens with zero attached hydrogens (tertiary/aromatic N) is 3. The average Bonchev–Trinajstić information content (AvgIpc) is 2.60. The largest absolute Gasteiger partial charge is 0.396 e. The van der Waals surface area contributed by atoms with Crippen molar-refractivity contribution >= 4 is 5.69 Å². The van der Waals surface area contributed by atoms with Crippen molar-refractivity contribution in [2.24, 2.45) is 0 Å². The Morgan fingerprint density at radius 1 is 1.38 bits per heavy atom. The second-order valence-corrected chi connectivity index (χ2v) is 4.99. The van der Waals surface area contributed by atoms with Crippen molar-refractivity contribution in [2.45, 2.75) is 45.7 Å². The highest BCUT2D eigenvalue weighted by molar-refractivity contribution is 5.39. The van der Waals surface area contributed by atoms with Gasteiger partial charge >= 0.3 is 0 Å². The molecule has 4 heteroatoms. The van der Waals surface area contributed by atoms with Gasteiger partial charge in [-0.25, -0.2) is 0 Å². The van der Waals surface area contributed by atoms with Crippen LogP contribution in [0.1, 0.15) is 38.4 Å². The van der Waals surface area contributed by atoms with E-state index >= 15 is 0 Å². The quantitative estimate of drug-likeness (QED) is 0.830. The summed E-state index contributed by atoms with van der Waals surface area (Å²) in [4.78, 5) is 2.53. The van der Waals surface area contributed by atoms with Gasteiger partial charge in [-0.3, -0.25) is 4.68 Å². The highest BCUT2D eigenvalue weighted by Crippen LogP contribution is 2.25. The smallest absolute Gasteiger partial charge is 0.0730 e. The molecule has 1 aromatic heterocycles. The number of aromatic nitrogens is 2. The summed E-state index contributed by atoms with van der Waals surface area (Å²) >= 11 is 0. The molecule has 16 heavy (non-hydrogen) atoms. The number of likely N-dealkylation sites (tertiary alicyclic amines) is 1. The van der Waals surface area contributed by atoms with Crippen LogP contribution in [0.2, 0.25) is 0 Å². The first-order valence-corrected chi connectivity index (χ1v) is 6.13. The zero-order chi connectivity index (χ0) is 11.7. The minimum absolute atomic E-state index is 0.535. The summed E-state index contributed by atoms with van der Waals surface area (Å²) in [5.74, 6) is 0. The van der Waals surface area contributed by atoms with Gasteiger partial charge in [-0.2, -0.15) is 5.10 Å². The molecule has 1 aliphatic rings. The van der Waals surface area contributed by atoms with E-state index in [-0.39, 0.29) is 0 Å². The lowest BCUT2D eigenvalue weighted by atomic mass is 10.0. The minimum Gasteiger partial charge on any atom is -0.396 e. The molecule has 0 unspecified atom stereocenters. The van der Waals surface area contributed by atoms with Crippen molar-refractivity contribution in [3.8, 4) is 0 Å². The molecule has 1 saturated heterocycles. The van der Waals surface area contributed by atoms with Crippen LogP contribution in [0.15, 0.2) is 6.20 Å². The Kier molecular flexibility index (Phi) is 3.19. The number of anilines is 1. The summed E-state index contributed by atoms with van der Waals surface area (Å²) in [5.41, 5.74) is 7.75. The molecule has 0 spiro atoms. The maximum absolute atomic E-state index is 5.83. The van der Waals surface area contributed by atoms with Gasteiger partial charge in [0.2, 0.25) is 0 Å². The van der Waals surface area contributed by atoms with Crippen LogP contribution in [0.5, 0.6) is 0 Å². The van der Waals surface area contributed by atoms with Crippen LogP contribution in [-0.4, -0.2) is 33.8 Å². The topological polar surface area (TPSA) is 47.1 Å². The van der Waals surface area contributed by atoms with Gasteiger partial charge in [0.15, 0.2) is 0 Å². The molecular formula is C12H22N4. The summed E-state index contributed by atoms with van der Waals surface area (Å²) in [6.45, 7) is 8.91. The van der Waals surface area contributed by atoms with Crippen molar-refractivity contribution in [3.05, 3.63) is 11.9 Å². The van der Waals surface area contributed by atoms with Crippen LogP contribution in [0.25, 0.3) is 0 Å². The number of piperidine rings is 1. The number of rotatable bonds is 2. The van der Waals surface area contributed by atoms with Crippen molar-refractivity contribution in [1.82, 2.24) is 14.7 Å². The first-order valence-electron chi connectivity index (χ1n) is 6.13. The van der Waals surface area contributed by atoms with E-state index in [4.69, 9.17) is 5.73 Å². The van der Waals surface area contributed by atoms with Crippen molar-refractivity contribution in [3.63, 3.8) is 0 Å². The number of hydrogen-bond acceptors (Lipinski definition) is 3. The van der Waals surface area contributed by atoms with Crippen LogP contribution in [0.3, 0.4) is 0 Å². The molecule has 0 atom stereocenters. The van der Waals surface area contributed by atoms with Gasteiger partial charge < -0.3 is 10.6 Å². The van der Waals surface area contributed by atoms with Crippen molar-refractivity contribution in [1.29, 1.82) is 0 Å². The summed E-state index contributed by atoms with van der Waals surface area (Å²) in [6.07, 6.45) is 4.13. The van der Waals surface area contributed by atoms with Gasteiger partial charge in [0, 0.05) is 19.1 Å². The zero-order valence-corrected chi connectivity index (χ0v) is 10.5. The monoisotopic (exact) mass is 222 g/mol. The third kappa shape index (κ3) is 2.07. The molecule has 0 aliphatic carbocycles. The highest BCUT2D eigenvalue weighted by Gasteiger charge is 2.23. The molecule has 0 bridgehead atoms. The van der Waals surface area contributed by atoms with Gasteiger partial charge in [0.05, 0.1) is 23.6 Å². The van der Waals surface area contributed by atoms with E-state index in [1.807, 2.05) is 0 Å². The second kappa shape index (κ2) is 4.45. The van der Waals surface area contributed by atoms with E-state index in [0.29, 0.717) is 12.1 Å². The SMILES string of the molecule is Cc1c(N)cnn1C1CCN(C(C)C)CC1. The molecule has 90 valence electrons. The van der Waals surface area contributed by atoms with Crippen LogP contribution in [0, 0.1) is 6.92 Å². The molecule has 1 fully saturated rings. The van der Waals surface area contributed by atoms with Gasteiger partial charge in [0.1, 0.15) is 0 Å². The van der Waals surface area contributed by atoms with Crippen LogP contribution in [0.4, 0.5) is 5.69 Å². The van der Waals surface area contributed by atoms with Crippen LogP contribution in [-0.2, 0) is 0 Å². The van der Waals surface area contributed by atoms with E-state index in [0.717, 1.165) is 11.4 Å². The fraction of sp³-hybridized carbons (Fsp3) is 0.750. The molecule has 0 radical (unpaired) electrons. The molecule has 1 aromatic rings. The maximum Gasteiger partial charge on any atom is 0.0730 e. The van der Waals surface area contributed by atoms with E-state index in [1.54, 1.807) is 6.20 Å². The second-order valence-electron chi connectivity index (χ2n) is 4.99. The molecular weight excluding hydrogens is 200 g/mol. The number of hydrogen-bond donors (Lipinski definition) is 1. The van der Waals surface area contributed by atoms with Gasteiger partial charge in [0.25, 0.3) is 0 Å². The van der Waals surface area contributed by atoms with E-state index in [1.165, 1.54) is 25.9 Å². The van der Waals surface area contributed by atoms with Crippen molar-refractivity contribution in [2.75, 3.05) is 18.8 Å². The Morgan fingerprint density at radius 2 is 2.00 bits per heavy atom. The molecule has 2 heterocycles. The van der Waals surface area contributed by atoms with E-state index < -0.39 is 0 Å². The minimum atomic E-state index is 0.535. The normalized spacial score (nSPS) is 19.5. The average molecular weight is 222 g/mol. The van der Waals surface area contributed by atoms with E-state index in [2.05, 4.69) is 35.5 Å². The highest BCUT2D eigenvalue weighted by atomic mass is 15.3. The lowest BCUT2D eigenvalue weighted by Crippen LogP contribution is -2.39. The predicted molar refractivity (Wildman–Crippen MR) is 66.4 cm³/mol. The lowest BCUT2D eigenvalue weighted by Gasteiger charge is -2.35. The summed E-state index contributed by atoms with van der Waals surface area (Å²) in [7, 11) is 0. The molecule has 0 saturated carbocycles. The number of nitrogens with two attached hydrogens (primary N) is 1. The standard InChI is InChI=1S/C12H22N4/c1-9(2)15-6-4-11(5-7-15)16-10(3)12(13)8-14-16/h8-9,11H,4-7,13H2,1-3H3. The van der Waals surface area contributed by atoms with Gasteiger partial charge in [-0.15, -0.1) is 0 Å². The molecule has 0 aromatic carbocycles. The maximum atomic E-state index is 5.83. The Hall–Kier alpha value is -1.03. The molecule has 1 aliphatic heterocycles. The van der Waals surface area contributed by atoms with Gasteiger partial charge in [-0.1, -0.05) is 0 Å². The summed E-state index contributed by atoms with van der Waals surface area (Å²) in [5, 5.41) is 4.38. The molecule has 2 rings (SSSR count). The Bertz CT molecular complexity index is 348.